The van der Waals surface area contributed by atoms with Crippen LogP contribution in [-0.2, 0) is 25.6 Å². The second-order valence-corrected chi connectivity index (χ2v) is 22.0. The summed E-state index contributed by atoms with van der Waals surface area (Å²) in [5, 5.41) is 15.7. The molecular weight excluding hydrogens is 942 g/mol. The van der Waals surface area contributed by atoms with Crippen molar-refractivity contribution < 1.29 is 28.7 Å². The number of rotatable bonds is 19. The number of β-amino-alcohol motifs (C(OH)–C–C–N with tert-alkyl or cyclic N) is 1. The van der Waals surface area contributed by atoms with Crippen LogP contribution in [0.2, 0.25) is 0 Å². The number of aromatic nitrogens is 5. The number of Topliss-reactive ketones (excluding diaryl/α,β-unsaturated/α-hetero) is 2. The van der Waals surface area contributed by atoms with Crippen LogP contribution in [0, 0.1) is 24.1 Å². The van der Waals surface area contributed by atoms with Gasteiger partial charge in [-0.15, -0.1) is 16.4 Å². The first kappa shape index (κ1) is 51.5. The normalized spacial score (nSPS) is 18.7. The minimum atomic E-state index is -0.788. The predicted molar refractivity (Wildman–Crippen MR) is 283 cm³/mol. The highest BCUT2D eigenvalue weighted by atomic mass is 32.1. The van der Waals surface area contributed by atoms with Gasteiger partial charge in [-0.1, -0.05) is 76.1 Å². The Morgan fingerprint density at radius 1 is 0.849 bits per heavy atom. The number of unbranched alkanes of at least 4 members (excludes halogenated alkanes) is 3. The number of hydrogen-bond donors (Lipinski definition) is 1. The van der Waals surface area contributed by atoms with Crippen LogP contribution in [0.25, 0.3) is 27.5 Å². The molecule has 2 amide bonds. The van der Waals surface area contributed by atoms with E-state index in [1.165, 1.54) is 11.0 Å². The maximum absolute atomic E-state index is 14.2. The molecule has 4 aromatic heterocycles. The van der Waals surface area contributed by atoms with Crippen molar-refractivity contribution in [2.45, 2.75) is 123 Å². The number of aliphatic hydroxyl groups is 1. The molecule has 0 aliphatic carbocycles. The molecule has 384 valence electrons. The van der Waals surface area contributed by atoms with Crippen molar-refractivity contribution in [1.82, 2.24) is 34.4 Å². The number of fused-ring (bicyclic) bond motifs is 1. The molecule has 14 nitrogen and oxygen atoms in total. The van der Waals surface area contributed by atoms with E-state index >= 15 is 0 Å². The fraction of sp³-hybridized carbons (Fsp3) is 0.474. The summed E-state index contributed by atoms with van der Waals surface area (Å²) in [6.45, 7) is 11.3. The Labute approximate surface area is 431 Å². The fourth-order valence-corrected chi connectivity index (χ4v) is 11.6. The van der Waals surface area contributed by atoms with Gasteiger partial charge in [-0.05, 0) is 97.5 Å². The molecule has 73 heavy (non-hydrogen) atoms. The van der Waals surface area contributed by atoms with E-state index in [1.807, 2.05) is 103 Å². The summed E-state index contributed by atoms with van der Waals surface area (Å²) in [6.07, 6.45) is 7.86. The highest BCUT2D eigenvalue weighted by Crippen LogP contribution is 2.37. The zero-order valence-corrected chi connectivity index (χ0v) is 43.4. The first-order valence-corrected chi connectivity index (χ1v) is 27.0. The summed E-state index contributed by atoms with van der Waals surface area (Å²) in [5.74, 6) is 0.615. The first-order chi connectivity index (χ1) is 35.2. The van der Waals surface area contributed by atoms with Crippen LogP contribution in [0.1, 0.15) is 114 Å². The second kappa shape index (κ2) is 22.8. The number of piperazine rings is 1. The van der Waals surface area contributed by atoms with E-state index in [4.69, 9.17) is 10.1 Å². The zero-order valence-electron chi connectivity index (χ0n) is 42.6. The number of nitrogens with zero attached hydrogens (tertiary/aromatic N) is 9. The molecule has 3 saturated heterocycles. The number of amides is 2. The lowest BCUT2D eigenvalue weighted by Gasteiger charge is -2.35. The lowest BCUT2D eigenvalue weighted by Crippen LogP contribution is -2.49. The molecule has 0 unspecified atom stereocenters. The van der Waals surface area contributed by atoms with Crippen LogP contribution >= 0.6 is 11.3 Å². The van der Waals surface area contributed by atoms with Crippen LogP contribution in [0.15, 0.2) is 90.6 Å². The summed E-state index contributed by atoms with van der Waals surface area (Å²) in [5.41, 5.74) is 7.60. The summed E-state index contributed by atoms with van der Waals surface area (Å²) in [6, 6.07) is 24.2. The van der Waals surface area contributed by atoms with Gasteiger partial charge in [0.05, 0.1) is 46.2 Å². The van der Waals surface area contributed by atoms with Gasteiger partial charge in [0.15, 0.2) is 11.4 Å². The number of ketones is 2. The standard InChI is InChI=1S/C57H68FN9O5S/c1-38-55(73-37-60-38)40-22-19-39(20-23-40)21-24-50(70)48-34-44(69)36-66(48)56(72)45(57(2,3)4)33-43(68)14-7-5-6-8-18-54(71)64-30-28-63(29-31-64)52-17-10-15-46(61-52)49-35-59-51-25-26-53(62-67(49)51)65-27-11-16-47(65)41-12-9-13-42(58)32-41/h9-10,12-13,15,17,19-20,22-23,25-26,32,35,37,44-45,47-48,69H,5-8,11,14,16,18,21,24,27-31,33-34,36H2,1-4H3/t44-,45-,47-,48+/m1/s1. The number of likely N-dealkylation sites (tertiary alicyclic amines) is 1. The molecule has 3 aliphatic rings. The summed E-state index contributed by atoms with van der Waals surface area (Å²) < 4.78 is 16.0. The smallest absolute Gasteiger partial charge is 0.227 e. The predicted octanol–water partition coefficient (Wildman–Crippen LogP) is 9.48. The Morgan fingerprint density at radius 2 is 1.62 bits per heavy atom. The van der Waals surface area contributed by atoms with Gasteiger partial charge in [0.1, 0.15) is 28.9 Å². The van der Waals surface area contributed by atoms with Crippen molar-refractivity contribution in [3.63, 3.8) is 0 Å². The Bertz CT molecular complexity index is 2910. The molecule has 0 radical (unpaired) electrons. The molecule has 6 aromatic rings. The quantitative estimate of drug-likeness (QED) is 0.0771. The van der Waals surface area contributed by atoms with Crippen LogP contribution in [0.3, 0.4) is 0 Å². The van der Waals surface area contributed by atoms with Crippen molar-refractivity contribution in [1.29, 1.82) is 0 Å². The zero-order chi connectivity index (χ0) is 51.2. The fourth-order valence-electron chi connectivity index (χ4n) is 10.8. The monoisotopic (exact) mass is 1010 g/mol. The molecule has 4 atom stereocenters. The number of hydrogen-bond acceptors (Lipinski definition) is 12. The lowest BCUT2D eigenvalue weighted by atomic mass is 9.76. The van der Waals surface area contributed by atoms with Crippen molar-refractivity contribution in [2.24, 2.45) is 11.3 Å². The second-order valence-electron chi connectivity index (χ2n) is 21.2. The number of carbonyl (C=O) groups is 4. The topological polar surface area (TPSA) is 157 Å². The van der Waals surface area contributed by atoms with Crippen LogP contribution in [-0.4, -0.2) is 114 Å². The minimum Gasteiger partial charge on any atom is -0.391 e. The average Bonchev–Trinajstić information content (AvgIpc) is 4.23. The number of pyridine rings is 1. The largest absolute Gasteiger partial charge is 0.391 e. The van der Waals surface area contributed by atoms with E-state index in [2.05, 4.69) is 19.8 Å². The van der Waals surface area contributed by atoms with E-state index in [0.29, 0.717) is 57.5 Å². The van der Waals surface area contributed by atoms with Crippen molar-refractivity contribution >= 4 is 52.0 Å². The van der Waals surface area contributed by atoms with E-state index in [-0.39, 0.29) is 61.0 Å². The van der Waals surface area contributed by atoms with Gasteiger partial charge in [0.2, 0.25) is 11.8 Å². The van der Waals surface area contributed by atoms with E-state index < -0.39 is 23.5 Å². The highest BCUT2D eigenvalue weighted by Gasteiger charge is 2.44. The average molecular weight is 1010 g/mol. The summed E-state index contributed by atoms with van der Waals surface area (Å²) in [4.78, 5) is 77.6. The molecule has 3 aliphatic heterocycles. The third-order valence-corrected chi connectivity index (χ3v) is 16.0. The lowest BCUT2D eigenvalue weighted by molar-refractivity contribution is -0.145. The number of aliphatic hydroxyl groups excluding tert-OH is 1. The number of halogens is 1. The van der Waals surface area contributed by atoms with Gasteiger partial charge in [0.25, 0.3) is 0 Å². The number of benzene rings is 2. The van der Waals surface area contributed by atoms with E-state index in [0.717, 1.165) is 88.9 Å². The van der Waals surface area contributed by atoms with Crippen molar-refractivity contribution in [3.8, 4) is 21.8 Å². The summed E-state index contributed by atoms with van der Waals surface area (Å²) in [7, 11) is 0. The van der Waals surface area contributed by atoms with E-state index in [1.54, 1.807) is 29.7 Å². The van der Waals surface area contributed by atoms with Crippen LogP contribution in [0.4, 0.5) is 16.0 Å². The summed E-state index contributed by atoms with van der Waals surface area (Å²) >= 11 is 1.60. The maximum Gasteiger partial charge on any atom is 0.227 e. The Balaban J connectivity index is 0.701. The minimum absolute atomic E-state index is 0.0144. The highest BCUT2D eigenvalue weighted by molar-refractivity contribution is 7.13. The Hall–Kier alpha value is -6.39. The third kappa shape index (κ3) is 12.2. The molecule has 0 spiro atoms. The van der Waals surface area contributed by atoms with Gasteiger partial charge in [-0.25, -0.2) is 23.9 Å². The molecule has 3 fully saturated rings. The number of imidazole rings is 1. The SMILES string of the molecule is Cc1ncsc1-c1ccc(CCC(=O)[C@@H]2C[C@@H](O)CN2C(=O)[C@@H](CC(=O)CCCCCCC(=O)N2CCN(c3cccc(-c4cnc5ccc(N6CCC[C@@H]6c6cccc(F)c6)nn45)n3)CC2)C(C)(C)C)cc1. The van der Waals surface area contributed by atoms with Crippen LogP contribution in [0.5, 0.6) is 0 Å². The molecule has 16 heteroatoms. The molecule has 7 heterocycles. The molecule has 9 rings (SSSR count). The first-order valence-electron chi connectivity index (χ1n) is 26.1. The van der Waals surface area contributed by atoms with Gasteiger partial charge in [0, 0.05) is 77.3 Å². The van der Waals surface area contributed by atoms with Gasteiger partial charge < -0.3 is 24.7 Å². The maximum atomic E-state index is 14.2. The van der Waals surface area contributed by atoms with E-state index in [9.17, 15) is 28.7 Å². The van der Waals surface area contributed by atoms with Crippen molar-refractivity contribution in [2.75, 3.05) is 49.1 Å². The van der Waals surface area contributed by atoms with Crippen LogP contribution < -0.4 is 9.80 Å². The molecule has 1 N–H and O–H groups in total. The molecular formula is C57H68FN9O5S. The molecule has 2 aromatic carbocycles. The van der Waals surface area contributed by atoms with Crippen molar-refractivity contribution in [3.05, 3.63) is 113 Å². The number of anilines is 2. The Kier molecular flexibility index (Phi) is 16.1. The van der Waals surface area contributed by atoms with Gasteiger partial charge in [-0.3, -0.25) is 19.2 Å². The number of carbonyl (C=O) groups excluding carboxylic acids is 4. The Morgan fingerprint density at radius 3 is 2.36 bits per heavy atom. The number of thiazole rings is 1. The van der Waals surface area contributed by atoms with Gasteiger partial charge in [-0.2, -0.15) is 0 Å². The van der Waals surface area contributed by atoms with Gasteiger partial charge >= 0.3 is 0 Å². The molecule has 0 bridgehead atoms. The molecule has 0 saturated carbocycles. The number of aryl methyl sites for hydroxylation is 2. The third-order valence-electron chi connectivity index (χ3n) is 15.0.